The third kappa shape index (κ3) is 5.55. The molecular weight excluding hydrogens is 306 g/mol. The maximum atomic E-state index is 12.1. The van der Waals surface area contributed by atoms with E-state index in [1.165, 1.54) is 44.2 Å². The number of amides is 1. The van der Waals surface area contributed by atoms with E-state index in [-0.39, 0.29) is 5.91 Å². The van der Waals surface area contributed by atoms with Crippen LogP contribution >= 0.6 is 11.8 Å². The normalized spacial score (nSPS) is 15.8. The number of rotatable bonds is 8. The second-order valence-electron chi connectivity index (χ2n) is 6.67. The molecule has 0 atom stereocenters. The molecule has 1 N–H and O–H groups in total. The van der Waals surface area contributed by atoms with E-state index in [1.807, 2.05) is 6.92 Å². The van der Waals surface area contributed by atoms with E-state index in [1.54, 1.807) is 11.8 Å². The van der Waals surface area contributed by atoms with Gasteiger partial charge in [0.2, 0.25) is 5.91 Å². The lowest BCUT2D eigenvalue weighted by Crippen LogP contribution is -2.31. The van der Waals surface area contributed by atoms with Crippen LogP contribution in [0.5, 0.6) is 0 Å². The average molecular weight is 338 g/mol. The first-order valence-corrected chi connectivity index (χ1v) is 10.0. The van der Waals surface area contributed by atoms with Gasteiger partial charge in [-0.05, 0) is 39.0 Å². The summed E-state index contributed by atoms with van der Waals surface area (Å²) in [4.78, 5) is 16.7. The molecule has 1 aliphatic rings. The zero-order chi connectivity index (χ0) is 16.7. The number of hydrogen-bond acceptors (Lipinski definition) is 3. The van der Waals surface area contributed by atoms with Gasteiger partial charge in [-0.2, -0.15) is 0 Å². The van der Waals surface area contributed by atoms with E-state index in [9.17, 15) is 4.79 Å². The highest BCUT2D eigenvalue weighted by Gasteiger charge is 2.16. The predicted molar refractivity (Wildman–Crippen MR) is 96.9 cm³/mol. The van der Waals surface area contributed by atoms with Crippen molar-refractivity contribution in [3.8, 4) is 0 Å². The summed E-state index contributed by atoms with van der Waals surface area (Å²) in [6.07, 6.45) is 8.87. The summed E-state index contributed by atoms with van der Waals surface area (Å²) in [6, 6.07) is 0. The number of carbonyl (C=O) groups is 1. The first kappa shape index (κ1) is 18.4. The largest absolute Gasteiger partial charge is 0.355 e. The number of hydrogen-bond donors (Lipinski definition) is 1. The van der Waals surface area contributed by atoms with E-state index in [0.29, 0.717) is 11.7 Å². The van der Waals surface area contributed by atoms with Crippen LogP contribution in [0.4, 0.5) is 0 Å². The van der Waals surface area contributed by atoms with Gasteiger partial charge in [-0.25, -0.2) is 4.98 Å². The van der Waals surface area contributed by atoms with Crippen molar-refractivity contribution in [3.05, 3.63) is 11.4 Å². The highest BCUT2D eigenvalue weighted by Crippen LogP contribution is 2.23. The van der Waals surface area contributed by atoms with E-state index in [0.717, 1.165) is 30.4 Å². The van der Waals surface area contributed by atoms with E-state index in [4.69, 9.17) is 0 Å². The maximum absolute atomic E-state index is 12.1. The molecule has 1 fully saturated rings. The minimum Gasteiger partial charge on any atom is -0.355 e. The quantitative estimate of drug-likeness (QED) is 0.727. The SMILES string of the molecule is CCCCn1c(SCC(=O)NCC2CCCCC2)nc(C)c1C. The lowest BCUT2D eigenvalue weighted by Gasteiger charge is -2.21. The number of thioether (sulfide) groups is 1. The summed E-state index contributed by atoms with van der Waals surface area (Å²) in [5, 5.41) is 4.10. The standard InChI is InChI=1S/C18H31N3OS/c1-4-5-11-21-15(3)14(2)20-18(21)23-13-17(22)19-12-16-9-7-6-8-10-16/h16H,4-13H2,1-3H3,(H,19,22). The molecule has 0 bridgehead atoms. The Morgan fingerprint density at radius 3 is 2.74 bits per heavy atom. The number of carbonyl (C=O) groups excluding carboxylic acids is 1. The van der Waals surface area contributed by atoms with Crippen molar-refractivity contribution in [2.75, 3.05) is 12.3 Å². The third-order valence-corrected chi connectivity index (χ3v) is 5.78. The molecule has 1 amide bonds. The van der Waals surface area contributed by atoms with Crippen LogP contribution in [0.15, 0.2) is 5.16 Å². The summed E-state index contributed by atoms with van der Waals surface area (Å²) >= 11 is 1.57. The van der Waals surface area contributed by atoms with Crippen LogP contribution in [0, 0.1) is 19.8 Å². The van der Waals surface area contributed by atoms with Crippen molar-refractivity contribution in [3.63, 3.8) is 0 Å². The summed E-state index contributed by atoms with van der Waals surface area (Å²) in [6.45, 7) is 8.21. The molecule has 1 saturated carbocycles. The molecule has 5 heteroatoms. The molecule has 1 heterocycles. The zero-order valence-corrected chi connectivity index (χ0v) is 15.7. The molecule has 0 saturated heterocycles. The lowest BCUT2D eigenvalue weighted by molar-refractivity contribution is -0.118. The Kier molecular flexibility index (Phi) is 7.47. The van der Waals surface area contributed by atoms with Gasteiger partial charge in [0.15, 0.2) is 5.16 Å². The monoisotopic (exact) mass is 337 g/mol. The van der Waals surface area contributed by atoms with E-state index in [2.05, 4.69) is 28.7 Å². The van der Waals surface area contributed by atoms with E-state index < -0.39 is 0 Å². The van der Waals surface area contributed by atoms with Crippen molar-refractivity contribution in [2.24, 2.45) is 5.92 Å². The van der Waals surface area contributed by atoms with Gasteiger partial charge in [0.1, 0.15) is 0 Å². The lowest BCUT2D eigenvalue weighted by atomic mass is 9.89. The van der Waals surface area contributed by atoms with Gasteiger partial charge in [0, 0.05) is 18.8 Å². The Morgan fingerprint density at radius 2 is 2.04 bits per heavy atom. The molecule has 2 rings (SSSR count). The summed E-state index contributed by atoms with van der Waals surface area (Å²) < 4.78 is 2.26. The Bertz CT molecular complexity index is 507. The highest BCUT2D eigenvalue weighted by molar-refractivity contribution is 7.99. The molecule has 130 valence electrons. The minimum atomic E-state index is 0.140. The molecule has 0 spiro atoms. The smallest absolute Gasteiger partial charge is 0.230 e. The van der Waals surface area contributed by atoms with E-state index >= 15 is 0 Å². The number of nitrogens with zero attached hydrogens (tertiary/aromatic N) is 2. The third-order valence-electron chi connectivity index (χ3n) is 4.80. The van der Waals surface area contributed by atoms with Crippen LogP contribution < -0.4 is 5.32 Å². The Morgan fingerprint density at radius 1 is 1.30 bits per heavy atom. The van der Waals surface area contributed by atoms with Crippen molar-refractivity contribution < 1.29 is 4.79 Å². The highest BCUT2D eigenvalue weighted by atomic mass is 32.2. The average Bonchev–Trinajstić information content (AvgIpc) is 2.84. The first-order valence-electron chi connectivity index (χ1n) is 9.05. The fourth-order valence-electron chi connectivity index (χ4n) is 3.14. The van der Waals surface area contributed by atoms with Crippen LogP contribution in [0.2, 0.25) is 0 Å². The first-order chi connectivity index (χ1) is 11.1. The molecule has 1 aromatic heterocycles. The molecule has 0 radical (unpaired) electrons. The Labute approximate surface area is 144 Å². The van der Waals surface area contributed by atoms with Crippen molar-refractivity contribution in [1.29, 1.82) is 0 Å². The van der Waals surface area contributed by atoms with Crippen LogP contribution in [0.25, 0.3) is 0 Å². The number of aromatic nitrogens is 2. The number of nitrogens with one attached hydrogen (secondary N) is 1. The van der Waals surface area contributed by atoms with Crippen LogP contribution in [-0.2, 0) is 11.3 Å². The van der Waals surface area contributed by atoms with Gasteiger partial charge in [-0.15, -0.1) is 0 Å². The van der Waals surface area contributed by atoms with Gasteiger partial charge < -0.3 is 9.88 Å². The topological polar surface area (TPSA) is 46.9 Å². The summed E-state index contributed by atoms with van der Waals surface area (Å²) in [5.74, 6) is 1.30. The van der Waals surface area contributed by atoms with Gasteiger partial charge in [0.25, 0.3) is 0 Å². The number of aryl methyl sites for hydroxylation is 1. The second-order valence-corrected chi connectivity index (χ2v) is 7.61. The zero-order valence-electron chi connectivity index (χ0n) is 14.9. The van der Waals surface area contributed by atoms with Gasteiger partial charge >= 0.3 is 0 Å². The molecule has 0 aliphatic heterocycles. The molecular formula is C18H31N3OS. The molecule has 0 aromatic carbocycles. The summed E-state index contributed by atoms with van der Waals surface area (Å²) in [7, 11) is 0. The molecule has 4 nitrogen and oxygen atoms in total. The fourth-order valence-corrected chi connectivity index (χ4v) is 4.09. The molecule has 0 unspecified atom stereocenters. The van der Waals surface area contributed by atoms with Crippen molar-refractivity contribution >= 4 is 17.7 Å². The predicted octanol–water partition coefficient (Wildman–Crippen LogP) is 4.09. The number of imidazole rings is 1. The molecule has 1 aromatic rings. The molecule has 23 heavy (non-hydrogen) atoms. The maximum Gasteiger partial charge on any atom is 0.230 e. The number of unbranched alkanes of at least 4 members (excludes halogenated alkanes) is 1. The second kappa shape index (κ2) is 9.36. The van der Waals surface area contributed by atoms with Gasteiger partial charge in [0.05, 0.1) is 11.4 Å². The molecule has 1 aliphatic carbocycles. The van der Waals surface area contributed by atoms with Crippen LogP contribution in [-0.4, -0.2) is 27.8 Å². The Balaban J connectivity index is 1.80. The van der Waals surface area contributed by atoms with Crippen molar-refractivity contribution in [1.82, 2.24) is 14.9 Å². The van der Waals surface area contributed by atoms with Gasteiger partial charge in [-0.3, -0.25) is 4.79 Å². The van der Waals surface area contributed by atoms with Crippen molar-refractivity contribution in [2.45, 2.75) is 77.4 Å². The summed E-state index contributed by atoms with van der Waals surface area (Å²) in [5.41, 5.74) is 2.30. The Hall–Kier alpha value is -0.970. The van der Waals surface area contributed by atoms with Crippen LogP contribution in [0.1, 0.15) is 63.3 Å². The van der Waals surface area contributed by atoms with Gasteiger partial charge in [-0.1, -0.05) is 44.4 Å². The van der Waals surface area contributed by atoms with Crippen LogP contribution in [0.3, 0.4) is 0 Å². The minimum absolute atomic E-state index is 0.140. The fraction of sp³-hybridized carbons (Fsp3) is 0.778.